The van der Waals surface area contributed by atoms with Crippen molar-refractivity contribution >= 4 is 28.1 Å². The van der Waals surface area contributed by atoms with Gasteiger partial charge in [0.1, 0.15) is 5.69 Å². The molecule has 1 rings (SSSR count). The molecule has 1 aromatic carbocycles. The van der Waals surface area contributed by atoms with E-state index in [1.807, 2.05) is 0 Å². The second-order valence-corrected chi connectivity index (χ2v) is 5.96. The van der Waals surface area contributed by atoms with E-state index in [1.165, 1.54) is 18.2 Å². The van der Waals surface area contributed by atoms with E-state index in [0.29, 0.717) is 36.5 Å². The lowest BCUT2D eigenvalue weighted by molar-refractivity contribution is -0.384. The molecule has 0 fully saturated rings. The molecule has 0 saturated heterocycles. The number of carbonyl (C=O) groups excluding carboxylic acids is 1. The number of nitro groups is 1. The molecule has 2 N–H and O–H groups in total. The highest BCUT2D eigenvalue weighted by molar-refractivity contribution is 7.84. The van der Waals surface area contributed by atoms with Crippen molar-refractivity contribution < 1.29 is 13.9 Å². The molecule has 7 nitrogen and oxygen atoms in total. The molecule has 0 bridgehead atoms. The van der Waals surface area contributed by atoms with E-state index in [9.17, 15) is 19.1 Å². The first kappa shape index (κ1) is 17.1. The summed E-state index contributed by atoms with van der Waals surface area (Å²) in [5, 5.41) is 16.6. The van der Waals surface area contributed by atoms with Gasteiger partial charge in [-0.15, -0.1) is 0 Å². The molecule has 116 valence electrons. The van der Waals surface area contributed by atoms with Crippen LogP contribution in [0.15, 0.2) is 18.2 Å². The van der Waals surface area contributed by atoms with E-state index >= 15 is 0 Å². The van der Waals surface area contributed by atoms with Crippen LogP contribution in [-0.4, -0.2) is 40.1 Å². The van der Waals surface area contributed by atoms with Gasteiger partial charge in [-0.25, -0.2) is 0 Å². The SMILES string of the molecule is CCNC(=O)c1ccc([N+](=O)[O-])c(NCCCS(C)=O)c1. The van der Waals surface area contributed by atoms with Gasteiger partial charge in [0.2, 0.25) is 0 Å². The first-order chi connectivity index (χ1) is 9.95. The number of hydrogen-bond acceptors (Lipinski definition) is 5. The van der Waals surface area contributed by atoms with Crippen LogP contribution in [-0.2, 0) is 10.8 Å². The van der Waals surface area contributed by atoms with E-state index < -0.39 is 15.7 Å². The van der Waals surface area contributed by atoms with Crippen molar-refractivity contribution in [3.63, 3.8) is 0 Å². The van der Waals surface area contributed by atoms with Crippen molar-refractivity contribution in [1.82, 2.24) is 5.32 Å². The predicted octanol–water partition coefficient (Wildman–Crippen LogP) is 1.53. The second kappa shape index (κ2) is 8.35. The topological polar surface area (TPSA) is 101 Å². The minimum Gasteiger partial charge on any atom is -0.379 e. The molecule has 0 aliphatic carbocycles. The Balaban J connectivity index is 2.86. The Bertz CT molecular complexity index is 548. The zero-order chi connectivity index (χ0) is 15.8. The predicted molar refractivity (Wildman–Crippen MR) is 83.1 cm³/mol. The third-order valence-electron chi connectivity index (χ3n) is 2.72. The van der Waals surface area contributed by atoms with Crippen LogP contribution < -0.4 is 10.6 Å². The number of rotatable bonds is 8. The third-order valence-corrected chi connectivity index (χ3v) is 3.58. The zero-order valence-electron chi connectivity index (χ0n) is 12.0. The standard InChI is InChI=1S/C13H19N3O4S/c1-3-14-13(17)10-5-6-12(16(18)19)11(9-10)15-7-4-8-21(2)20/h5-6,9,15H,3-4,7-8H2,1-2H3,(H,14,17). The highest BCUT2D eigenvalue weighted by Gasteiger charge is 2.16. The summed E-state index contributed by atoms with van der Waals surface area (Å²) in [7, 11) is -0.890. The van der Waals surface area contributed by atoms with Crippen molar-refractivity contribution in [3.05, 3.63) is 33.9 Å². The third kappa shape index (κ3) is 5.50. The number of carbonyl (C=O) groups is 1. The van der Waals surface area contributed by atoms with Gasteiger partial charge in [-0.1, -0.05) is 0 Å². The lowest BCUT2D eigenvalue weighted by Gasteiger charge is -2.09. The number of hydrogen-bond donors (Lipinski definition) is 2. The average molecular weight is 313 g/mol. The number of nitro benzene ring substituents is 1. The van der Waals surface area contributed by atoms with Crippen LogP contribution in [0.3, 0.4) is 0 Å². The molecule has 0 heterocycles. The maximum absolute atomic E-state index is 11.7. The summed E-state index contributed by atoms with van der Waals surface area (Å²) < 4.78 is 11.0. The van der Waals surface area contributed by atoms with E-state index in [-0.39, 0.29) is 11.6 Å². The van der Waals surface area contributed by atoms with Gasteiger partial charge in [0.15, 0.2) is 0 Å². The molecule has 0 saturated carbocycles. The Morgan fingerprint density at radius 1 is 1.43 bits per heavy atom. The minimum absolute atomic E-state index is 0.0827. The summed E-state index contributed by atoms with van der Waals surface area (Å²) >= 11 is 0. The van der Waals surface area contributed by atoms with Gasteiger partial charge in [0.05, 0.1) is 4.92 Å². The van der Waals surface area contributed by atoms with E-state index in [4.69, 9.17) is 0 Å². The molecule has 1 aromatic rings. The fourth-order valence-electron chi connectivity index (χ4n) is 1.74. The molecule has 1 atom stereocenters. The minimum atomic E-state index is -0.890. The molecule has 0 aliphatic heterocycles. The van der Waals surface area contributed by atoms with Crippen LogP contribution >= 0.6 is 0 Å². The summed E-state index contributed by atoms with van der Waals surface area (Å²) in [4.78, 5) is 22.2. The largest absolute Gasteiger partial charge is 0.379 e. The van der Waals surface area contributed by atoms with Crippen molar-refractivity contribution in [1.29, 1.82) is 0 Å². The molecule has 0 spiro atoms. The highest BCUT2D eigenvalue weighted by Crippen LogP contribution is 2.25. The molecule has 8 heteroatoms. The molecule has 1 unspecified atom stereocenters. The van der Waals surface area contributed by atoms with Crippen LogP contribution in [0.1, 0.15) is 23.7 Å². The van der Waals surface area contributed by atoms with Crippen LogP contribution in [0.25, 0.3) is 0 Å². The lowest BCUT2D eigenvalue weighted by atomic mass is 10.1. The summed E-state index contributed by atoms with van der Waals surface area (Å²) in [5.74, 6) is 0.252. The van der Waals surface area contributed by atoms with Gasteiger partial charge >= 0.3 is 0 Å². The Morgan fingerprint density at radius 3 is 2.71 bits per heavy atom. The maximum Gasteiger partial charge on any atom is 0.292 e. The maximum atomic E-state index is 11.7. The molecular weight excluding hydrogens is 294 g/mol. The van der Waals surface area contributed by atoms with Crippen LogP contribution in [0.2, 0.25) is 0 Å². The van der Waals surface area contributed by atoms with Gasteiger partial charge < -0.3 is 10.6 Å². The monoisotopic (exact) mass is 313 g/mol. The van der Waals surface area contributed by atoms with Gasteiger partial charge in [0, 0.05) is 47.5 Å². The first-order valence-corrected chi connectivity index (χ1v) is 8.29. The summed E-state index contributed by atoms with van der Waals surface area (Å²) in [5.41, 5.74) is 0.579. The lowest BCUT2D eigenvalue weighted by Crippen LogP contribution is -2.22. The van der Waals surface area contributed by atoms with Crippen LogP contribution in [0, 0.1) is 10.1 Å². The fourth-order valence-corrected chi connectivity index (χ4v) is 2.29. The number of anilines is 1. The molecule has 0 aromatic heterocycles. The Labute approximate surface area is 125 Å². The quantitative estimate of drug-likeness (QED) is 0.430. The van der Waals surface area contributed by atoms with Gasteiger partial charge in [-0.2, -0.15) is 0 Å². The Morgan fingerprint density at radius 2 is 2.14 bits per heavy atom. The molecule has 0 radical (unpaired) electrons. The van der Waals surface area contributed by atoms with Gasteiger partial charge in [0.25, 0.3) is 11.6 Å². The summed E-state index contributed by atoms with van der Waals surface area (Å²) in [6.45, 7) is 2.74. The van der Waals surface area contributed by atoms with Crippen molar-refractivity contribution in [2.45, 2.75) is 13.3 Å². The van der Waals surface area contributed by atoms with Crippen LogP contribution in [0.5, 0.6) is 0 Å². The van der Waals surface area contributed by atoms with E-state index in [0.717, 1.165) is 0 Å². The van der Waals surface area contributed by atoms with Crippen molar-refractivity contribution in [2.24, 2.45) is 0 Å². The van der Waals surface area contributed by atoms with E-state index in [1.54, 1.807) is 13.2 Å². The van der Waals surface area contributed by atoms with Gasteiger partial charge in [-0.3, -0.25) is 19.1 Å². The molecule has 21 heavy (non-hydrogen) atoms. The number of benzene rings is 1. The van der Waals surface area contributed by atoms with E-state index in [2.05, 4.69) is 10.6 Å². The summed E-state index contributed by atoms with van der Waals surface area (Å²) in [6.07, 6.45) is 2.24. The number of nitrogens with zero attached hydrogens (tertiary/aromatic N) is 1. The smallest absolute Gasteiger partial charge is 0.292 e. The van der Waals surface area contributed by atoms with Crippen LogP contribution in [0.4, 0.5) is 11.4 Å². The van der Waals surface area contributed by atoms with Crippen molar-refractivity contribution in [2.75, 3.05) is 30.4 Å². The molecular formula is C13H19N3O4S. The molecule has 0 aliphatic rings. The zero-order valence-corrected chi connectivity index (χ0v) is 12.9. The average Bonchev–Trinajstić information content (AvgIpc) is 2.43. The summed E-state index contributed by atoms with van der Waals surface area (Å²) in [6, 6.07) is 4.20. The Hall–Kier alpha value is -1.96. The normalized spacial score (nSPS) is 11.7. The molecule has 1 amide bonds. The fraction of sp³-hybridized carbons (Fsp3) is 0.462. The Kier molecular flexibility index (Phi) is 6.80. The second-order valence-electron chi connectivity index (χ2n) is 4.41. The number of amides is 1. The number of nitrogens with one attached hydrogen (secondary N) is 2. The highest BCUT2D eigenvalue weighted by atomic mass is 32.2. The van der Waals surface area contributed by atoms with Gasteiger partial charge in [-0.05, 0) is 25.5 Å². The van der Waals surface area contributed by atoms with Crippen molar-refractivity contribution in [3.8, 4) is 0 Å². The first-order valence-electron chi connectivity index (χ1n) is 6.56.